The first-order valence-corrected chi connectivity index (χ1v) is 11.2. The van der Waals surface area contributed by atoms with Gasteiger partial charge in [-0.2, -0.15) is 0 Å². The molecule has 0 atom stereocenters. The molecular weight excluding hydrogens is 384 g/mol. The summed E-state index contributed by atoms with van der Waals surface area (Å²) in [4.78, 5) is 0. The van der Waals surface area contributed by atoms with E-state index in [1.807, 2.05) is 0 Å². The van der Waals surface area contributed by atoms with Crippen molar-refractivity contribution in [2.45, 2.75) is 12.3 Å². The van der Waals surface area contributed by atoms with E-state index in [1.165, 1.54) is 50.1 Å². The maximum Gasteiger partial charge on any atom is 0.0716 e. The molecule has 0 N–H and O–H groups in total. The van der Waals surface area contributed by atoms with Crippen LogP contribution in [0.2, 0.25) is 0 Å². The van der Waals surface area contributed by atoms with Crippen LogP contribution in [0.3, 0.4) is 0 Å². The SMILES string of the molecule is Cc1ccc(-c2ccccc2)c2c1C(c1ccccc1)(c1ccccc1)c1ccccc1-2. The number of hydrogen-bond acceptors (Lipinski definition) is 0. The lowest BCUT2D eigenvalue weighted by Crippen LogP contribution is -2.29. The zero-order valence-corrected chi connectivity index (χ0v) is 18.1. The molecule has 0 radical (unpaired) electrons. The van der Waals surface area contributed by atoms with Gasteiger partial charge in [0.2, 0.25) is 0 Å². The van der Waals surface area contributed by atoms with Crippen molar-refractivity contribution in [3.63, 3.8) is 0 Å². The molecule has 0 spiro atoms. The molecule has 32 heavy (non-hydrogen) atoms. The van der Waals surface area contributed by atoms with Gasteiger partial charge in [-0.1, -0.05) is 127 Å². The molecule has 1 aliphatic carbocycles. The number of rotatable bonds is 3. The van der Waals surface area contributed by atoms with E-state index in [9.17, 15) is 0 Å². The number of benzene rings is 5. The molecule has 0 unspecified atom stereocenters. The van der Waals surface area contributed by atoms with Crippen LogP contribution in [0.1, 0.15) is 27.8 Å². The maximum absolute atomic E-state index is 2.32. The molecule has 0 heterocycles. The first kappa shape index (κ1) is 18.8. The molecule has 1 aliphatic rings. The zero-order valence-electron chi connectivity index (χ0n) is 18.1. The third-order valence-corrected chi connectivity index (χ3v) is 6.89. The third kappa shape index (κ3) is 2.56. The van der Waals surface area contributed by atoms with Crippen molar-refractivity contribution in [3.05, 3.63) is 155 Å². The molecule has 0 bridgehead atoms. The summed E-state index contributed by atoms with van der Waals surface area (Å²) in [6.45, 7) is 2.26. The van der Waals surface area contributed by atoms with Gasteiger partial charge < -0.3 is 0 Å². The molecule has 0 aliphatic heterocycles. The van der Waals surface area contributed by atoms with E-state index in [1.54, 1.807) is 0 Å². The molecule has 0 heteroatoms. The highest BCUT2D eigenvalue weighted by molar-refractivity contribution is 5.96. The Kier molecular flexibility index (Phi) is 4.33. The fourth-order valence-electron chi connectivity index (χ4n) is 5.63. The van der Waals surface area contributed by atoms with Crippen LogP contribution in [0, 0.1) is 6.92 Å². The largest absolute Gasteiger partial charge is 0.0716 e. The van der Waals surface area contributed by atoms with Gasteiger partial charge in [0.05, 0.1) is 5.41 Å². The average Bonchev–Trinajstić information content (AvgIpc) is 3.19. The lowest BCUT2D eigenvalue weighted by Gasteiger charge is -2.35. The van der Waals surface area contributed by atoms with Gasteiger partial charge in [-0.15, -0.1) is 0 Å². The number of fused-ring (bicyclic) bond motifs is 3. The summed E-state index contributed by atoms with van der Waals surface area (Å²) in [6.07, 6.45) is 0. The Bertz CT molecular complexity index is 1360. The van der Waals surface area contributed by atoms with Crippen LogP contribution in [-0.2, 0) is 5.41 Å². The topological polar surface area (TPSA) is 0 Å². The first-order valence-electron chi connectivity index (χ1n) is 11.2. The van der Waals surface area contributed by atoms with Gasteiger partial charge in [0.1, 0.15) is 0 Å². The third-order valence-electron chi connectivity index (χ3n) is 6.89. The molecule has 5 aromatic carbocycles. The summed E-state index contributed by atoms with van der Waals surface area (Å²) in [5, 5.41) is 0. The van der Waals surface area contributed by atoms with E-state index >= 15 is 0 Å². The van der Waals surface area contributed by atoms with Crippen LogP contribution in [0.4, 0.5) is 0 Å². The quantitative estimate of drug-likeness (QED) is 0.278. The van der Waals surface area contributed by atoms with Crippen molar-refractivity contribution in [1.82, 2.24) is 0 Å². The minimum Gasteiger partial charge on any atom is -0.0622 e. The van der Waals surface area contributed by atoms with Crippen molar-refractivity contribution in [2.24, 2.45) is 0 Å². The number of hydrogen-bond donors (Lipinski definition) is 0. The highest BCUT2D eigenvalue weighted by Crippen LogP contribution is 2.59. The Morgan fingerprint density at radius 1 is 0.469 bits per heavy atom. The normalized spacial score (nSPS) is 13.4. The lowest BCUT2D eigenvalue weighted by molar-refractivity contribution is 0.762. The van der Waals surface area contributed by atoms with Crippen LogP contribution in [0.25, 0.3) is 22.3 Å². The van der Waals surface area contributed by atoms with Gasteiger partial charge in [-0.3, -0.25) is 0 Å². The van der Waals surface area contributed by atoms with Crippen LogP contribution in [0.15, 0.2) is 127 Å². The summed E-state index contributed by atoms with van der Waals surface area (Å²) in [5.74, 6) is 0. The van der Waals surface area contributed by atoms with E-state index in [0.29, 0.717) is 0 Å². The Balaban J connectivity index is 1.82. The molecule has 6 rings (SSSR count). The van der Waals surface area contributed by atoms with Gasteiger partial charge in [0, 0.05) is 0 Å². The van der Waals surface area contributed by atoms with Crippen LogP contribution in [-0.4, -0.2) is 0 Å². The van der Waals surface area contributed by atoms with E-state index in [4.69, 9.17) is 0 Å². The maximum atomic E-state index is 2.32. The molecule has 0 aromatic heterocycles. The second-order valence-electron chi connectivity index (χ2n) is 8.57. The van der Waals surface area contributed by atoms with Gasteiger partial charge in [-0.25, -0.2) is 0 Å². The van der Waals surface area contributed by atoms with E-state index in [2.05, 4.69) is 134 Å². The smallest absolute Gasteiger partial charge is 0.0622 e. The van der Waals surface area contributed by atoms with Gasteiger partial charge in [0.15, 0.2) is 0 Å². The standard InChI is InChI=1S/C32H24/c1-23-21-22-27(24-13-5-2-6-14-24)30-28-19-11-12-20-29(28)32(31(23)30,25-15-7-3-8-16-25)26-17-9-4-10-18-26/h2-22H,1H3. The fourth-order valence-corrected chi connectivity index (χ4v) is 5.63. The molecule has 0 amide bonds. The Labute approximate surface area is 189 Å². The Morgan fingerprint density at radius 2 is 1.00 bits per heavy atom. The predicted octanol–water partition coefficient (Wildman–Crippen LogP) is 8.03. The van der Waals surface area contributed by atoms with E-state index in [0.717, 1.165) is 0 Å². The second kappa shape index (κ2) is 7.35. The average molecular weight is 409 g/mol. The lowest BCUT2D eigenvalue weighted by atomic mass is 9.66. The summed E-state index contributed by atoms with van der Waals surface area (Å²) in [5.41, 5.74) is 11.6. The molecule has 152 valence electrons. The predicted molar refractivity (Wildman–Crippen MR) is 134 cm³/mol. The van der Waals surface area contributed by atoms with Crippen LogP contribution >= 0.6 is 0 Å². The monoisotopic (exact) mass is 408 g/mol. The highest BCUT2D eigenvalue weighted by atomic mass is 14.5. The van der Waals surface area contributed by atoms with Gasteiger partial charge >= 0.3 is 0 Å². The van der Waals surface area contributed by atoms with Gasteiger partial charge in [0.25, 0.3) is 0 Å². The first-order chi connectivity index (χ1) is 15.8. The van der Waals surface area contributed by atoms with Crippen LogP contribution in [0.5, 0.6) is 0 Å². The summed E-state index contributed by atoms with van der Waals surface area (Å²) >= 11 is 0. The molecule has 0 saturated carbocycles. The summed E-state index contributed by atoms with van der Waals surface area (Å²) < 4.78 is 0. The summed E-state index contributed by atoms with van der Waals surface area (Å²) in [7, 11) is 0. The molecule has 5 aromatic rings. The van der Waals surface area contributed by atoms with Crippen molar-refractivity contribution >= 4 is 0 Å². The molecule has 0 saturated heterocycles. The Morgan fingerprint density at radius 3 is 1.62 bits per heavy atom. The minimum atomic E-state index is -0.344. The van der Waals surface area contributed by atoms with E-state index in [-0.39, 0.29) is 5.41 Å². The highest BCUT2D eigenvalue weighted by Gasteiger charge is 2.47. The van der Waals surface area contributed by atoms with Crippen molar-refractivity contribution in [1.29, 1.82) is 0 Å². The fraction of sp³-hybridized carbons (Fsp3) is 0.0625. The summed E-state index contributed by atoms with van der Waals surface area (Å²) in [6, 6.07) is 46.4. The molecule has 0 fully saturated rings. The number of aryl methyl sites for hydroxylation is 1. The van der Waals surface area contributed by atoms with Crippen LogP contribution < -0.4 is 0 Å². The van der Waals surface area contributed by atoms with Crippen molar-refractivity contribution in [3.8, 4) is 22.3 Å². The minimum absolute atomic E-state index is 0.344. The molecule has 0 nitrogen and oxygen atoms in total. The Hall–Kier alpha value is -3.90. The second-order valence-corrected chi connectivity index (χ2v) is 8.57. The zero-order chi connectivity index (χ0) is 21.5. The molecular formula is C32H24. The van der Waals surface area contributed by atoms with Crippen molar-refractivity contribution < 1.29 is 0 Å². The van der Waals surface area contributed by atoms with Crippen molar-refractivity contribution in [2.75, 3.05) is 0 Å². The van der Waals surface area contributed by atoms with Gasteiger partial charge in [-0.05, 0) is 57.0 Å². The van der Waals surface area contributed by atoms with E-state index < -0.39 is 0 Å².